The zero-order valence-corrected chi connectivity index (χ0v) is 15.8. The molecule has 2 heterocycles. The molecule has 0 spiro atoms. The van der Waals surface area contributed by atoms with Crippen molar-refractivity contribution in [2.75, 3.05) is 31.7 Å². The van der Waals surface area contributed by atoms with E-state index in [9.17, 15) is 4.79 Å². The number of halogens is 1. The molecule has 26 heavy (non-hydrogen) atoms. The Bertz CT molecular complexity index is 785. The Kier molecular flexibility index (Phi) is 6.06. The maximum absolute atomic E-state index is 12.2. The van der Waals surface area contributed by atoms with Crippen molar-refractivity contribution in [1.82, 2.24) is 15.3 Å². The molecule has 0 radical (unpaired) electrons. The van der Waals surface area contributed by atoms with Crippen molar-refractivity contribution in [2.24, 2.45) is 0 Å². The molecule has 1 aromatic heterocycles. The minimum atomic E-state index is -0.176. The van der Waals surface area contributed by atoms with Gasteiger partial charge < -0.3 is 19.7 Å². The number of ether oxygens (including phenoxy) is 2. The monoisotopic (exact) mass is 418 g/mol. The molecule has 1 unspecified atom stereocenters. The predicted molar refractivity (Wildman–Crippen MR) is 102 cm³/mol. The van der Waals surface area contributed by atoms with Crippen molar-refractivity contribution in [2.45, 2.75) is 6.04 Å². The number of methoxy groups -OCH3 is 1. The highest BCUT2D eigenvalue weighted by Crippen LogP contribution is 2.26. The highest BCUT2D eigenvalue weighted by Gasteiger charge is 2.21. The van der Waals surface area contributed by atoms with Crippen LogP contribution in [-0.2, 0) is 4.79 Å². The number of benzene rings is 1. The number of nitrogens with zero attached hydrogens (tertiary/aromatic N) is 3. The van der Waals surface area contributed by atoms with Gasteiger partial charge in [-0.25, -0.2) is 4.98 Å². The van der Waals surface area contributed by atoms with E-state index in [2.05, 4.69) is 31.2 Å². The number of aromatic nitrogens is 2. The summed E-state index contributed by atoms with van der Waals surface area (Å²) in [5, 5.41) is 2.95. The van der Waals surface area contributed by atoms with E-state index in [-0.39, 0.29) is 18.6 Å². The summed E-state index contributed by atoms with van der Waals surface area (Å²) in [7, 11) is 1.53. The Hall–Kier alpha value is -2.61. The molecular formula is C18H19BrN4O3. The molecule has 8 heteroatoms. The molecule has 0 bridgehead atoms. The zero-order valence-electron chi connectivity index (χ0n) is 14.3. The number of anilines is 1. The van der Waals surface area contributed by atoms with Crippen LogP contribution in [0.3, 0.4) is 0 Å². The normalized spacial score (nSPS) is 16.2. The first kappa shape index (κ1) is 18.2. The number of para-hydroxylation sites is 1. The number of carbonyl (C=O) groups excluding carboxylic acids is 1. The lowest BCUT2D eigenvalue weighted by Crippen LogP contribution is -2.47. The van der Waals surface area contributed by atoms with Gasteiger partial charge in [0.2, 0.25) is 0 Å². The molecule has 1 aromatic carbocycles. The third kappa shape index (κ3) is 4.72. The molecule has 1 atom stereocenters. The Morgan fingerprint density at radius 3 is 2.96 bits per heavy atom. The Balaban J connectivity index is 1.57. The summed E-state index contributed by atoms with van der Waals surface area (Å²) >= 11 is 3.46. The van der Waals surface area contributed by atoms with E-state index in [1.165, 1.54) is 7.11 Å². The maximum atomic E-state index is 12.2. The highest BCUT2D eigenvalue weighted by atomic mass is 79.9. The van der Waals surface area contributed by atoms with E-state index < -0.39 is 0 Å². The number of amides is 1. The second-order valence-corrected chi connectivity index (χ2v) is 6.49. The fourth-order valence-corrected chi connectivity index (χ4v) is 3.01. The van der Waals surface area contributed by atoms with Gasteiger partial charge in [0.1, 0.15) is 5.75 Å². The molecule has 0 saturated carbocycles. The first-order chi connectivity index (χ1) is 12.7. The van der Waals surface area contributed by atoms with Crippen LogP contribution in [0.15, 0.2) is 53.2 Å². The molecule has 1 amide bonds. The molecule has 136 valence electrons. The van der Waals surface area contributed by atoms with E-state index in [1.54, 1.807) is 6.20 Å². The molecule has 1 aliphatic heterocycles. The van der Waals surface area contributed by atoms with Gasteiger partial charge in [0.05, 0.1) is 23.8 Å². The summed E-state index contributed by atoms with van der Waals surface area (Å²) in [6.07, 6.45) is 5.62. The second kappa shape index (κ2) is 8.66. The largest absolute Gasteiger partial charge is 0.484 e. The molecule has 3 rings (SSSR count). The van der Waals surface area contributed by atoms with E-state index in [1.807, 2.05) is 47.4 Å². The lowest BCUT2D eigenvalue weighted by molar-refractivity contribution is -0.123. The van der Waals surface area contributed by atoms with Crippen molar-refractivity contribution in [3.8, 4) is 11.8 Å². The number of carbonyl (C=O) groups is 1. The molecule has 0 aliphatic carbocycles. The fourth-order valence-electron chi connectivity index (χ4n) is 2.57. The summed E-state index contributed by atoms with van der Waals surface area (Å²) < 4.78 is 11.3. The highest BCUT2D eigenvalue weighted by molar-refractivity contribution is 9.10. The summed E-state index contributed by atoms with van der Waals surface area (Å²) in [6, 6.07) is 9.42. The van der Waals surface area contributed by atoms with Crippen LogP contribution in [0.1, 0.15) is 0 Å². The van der Waals surface area contributed by atoms with Gasteiger partial charge in [-0.3, -0.25) is 4.79 Å². The van der Waals surface area contributed by atoms with Crippen LogP contribution in [0.25, 0.3) is 0 Å². The quantitative estimate of drug-likeness (QED) is 0.724. The average Bonchev–Trinajstić information content (AvgIpc) is 2.68. The van der Waals surface area contributed by atoms with Gasteiger partial charge in [0.25, 0.3) is 5.91 Å². The Morgan fingerprint density at radius 2 is 2.19 bits per heavy atom. The lowest BCUT2D eigenvalue weighted by atomic mass is 10.2. The number of hydrogen-bond donors (Lipinski definition) is 1. The smallest absolute Gasteiger partial charge is 0.318 e. The Labute approximate surface area is 160 Å². The van der Waals surface area contributed by atoms with Crippen molar-refractivity contribution < 1.29 is 14.3 Å². The topological polar surface area (TPSA) is 76.6 Å². The third-order valence-electron chi connectivity index (χ3n) is 3.76. The molecule has 0 saturated heterocycles. The van der Waals surface area contributed by atoms with Gasteiger partial charge in [-0.15, -0.1) is 0 Å². The standard InChI is InChI=1S/C18H19BrN4O3/c1-25-18-20-10-15(19)17(22-18)23-9-5-6-13(11-23)21-16(24)12-26-14-7-3-2-4-8-14/h2-8,10,13H,9,11-12H2,1H3,(H,21,24). The summed E-state index contributed by atoms with van der Waals surface area (Å²) in [5.41, 5.74) is 0. The lowest BCUT2D eigenvalue weighted by Gasteiger charge is -2.30. The zero-order chi connectivity index (χ0) is 18.4. The first-order valence-electron chi connectivity index (χ1n) is 8.11. The average molecular weight is 419 g/mol. The van der Waals surface area contributed by atoms with Crippen LogP contribution in [0.5, 0.6) is 11.8 Å². The van der Waals surface area contributed by atoms with Crippen LogP contribution in [0.2, 0.25) is 0 Å². The van der Waals surface area contributed by atoms with Gasteiger partial charge >= 0.3 is 6.01 Å². The fraction of sp³-hybridized carbons (Fsp3) is 0.278. The van der Waals surface area contributed by atoms with Crippen LogP contribution in [-0.4, -0.2) is 48.7 Å². The molecule has 2 aromatic rings. The van der Waals surface area contributed by atoms with Crippen LogP contribution in [0.4, 0.5) is 5.82 Å². The van der Waals surface area contributed by atoms with Crippen molar-refractivity contribution >= 4 is 27.7 Å². The summed E-state index contributed by atoms with van der Waals surface area (Å²) in [5.74, 6) is 1.21. The van der Waals surface area contributed by atoms with Gasteiger partial charge in [0.15, 0.2) is 12.4 Å². The van der Waals surface area contributed by atoms with E-state index >= 15 is 0 Å². The molecule has 1 N–H and O–H groups in total. The summed E-state index contributed by atoms with van der Waals surface area (Å²) in [6.45, 7) is 1.25. The third-order valence-corrected chi connectivity index (χ3v) is 4.32. The van der Waals surface area contributed by atoms with Gasteiger partial charge in [-0.05, 0) is 28.1 Å². The number of hydrogen-bond acceptors (Lipinski definition) is 6. The van der Waals surface area contributed by atoms with Crippen molar-refractivity contribution in [3.63, 3.8) is 0 Å². The SMILES string of the molecule is COc1ncc(Br)c(N2CC=CC(NC(=O)COc3ccccc3)C2)n1. The molecular weight excluding hydrogens is 400 g/mol. The number of rotatable bonds is 6. The van der Waals surface area contributed by atoms with E-state index in [0.717, 1.165) is 10.3 Å². The minimum absolute atomic E-state index is 0.0284. The summed E-state index contributed by atoms with van der Waals surface area (Å²) in [4.78, 5) is 22.6. The van der Waals surface area contributed by atoms with Gasteiger partial charge in [-0.1, -0.05) is 30.4 Å². The Morgan fingerprint density at radius 1 is 1.38 bits per heavy atom. The predicted octanol–water partition coefficient (Wildman–Crippen LogP) is 2.19. The van der Waals surface area contributed by atoms with Crippen molar-refractivity contribution in [3.05, 3.63) is 53.2 Å². The van der Waals surface area contributed by atoms with Crippen LogP contribution >= 0.6 is 15.9 Å². The number of nitrogens with one attached hydrogen (secondary N) is 1. The van der Waals surface area contributed by atoms with Crippen LogP contribution < -0.4 is 19.7 Å². The van der Waals surface area contributed by atoms with Crippen molar-refractivity contribution in [1.29, 1.82) is 0 Å². The molecule has 0 fully saturated rings. The van der Waals surface area contributed by atoms with Gasteiger partial charge in [0, 0.05) is 13.1 Å². The molecule has 7 nitrogen and oxygen atoms in total. The maximum Gasteiger partial charge on any atom is 0.318 e. The van der Waals surface area contributed by atoms with Gasteiger partial charge in [-0.2, -0.15) is 4.98 Å². The van der Waals surface area contributed by atoms with Crippen LogP contribution in [0, 0.1) is 0 Å². The minimum Gasteiger partial charge on any atom is -0.484 e. The second-order valence-electron chi connectivity index (χ2n) is 5.64. The van der Waals surface area contributed by atoms with E-state index in [0.29, 0.717) is 24.8 Å². The molecule has 1 aliphatic rings. The van der Waals surface area contributed by atoms with E-state index in [4.69, 9.17) is 9.47 Å². The first-order valence-corrected chi connectivity index (χ1v) is 8.90.